The summed E-state index contributed by atoms with van der Waals surface area (Å²) in [5.41, 5.74) is 4.36. The highest BCUT2D eigenvalue weighted by Gasteiger charge is 2.24. The summed E-state index contributed by atoms with van der Waals surface area (Å²) in [6.45, 7) is 2.71. The van der Waals surface area contributed by atoms with E-state index in [0.717, 1.165) is 27.7 Å². The number of aromatic nitrogens is 3. The van der Waals surface area contributed by atoms with Gasteiger partial charge in [0.15, 0.2) is 17.1 Å². The van der Waals surface area contributed by atoms with Gasteiger partial charge in [0, 0.05) is 29.7 Å². The molecule has 7 rings (SSSR count). The van der Waals surface area contributed by atoms with Crippen LogP contribution in [0.5, 0.6) is 11.5 Å². The van der Waals surface area contributed by atoms with Gasteiger partial charge in [0.05, 0.1) is 22.4 Å². The number of nitrogens with one attached hydrogen (secondary N) is 1. The molecule has 3 aromatic heterocycles. The normalized spacial score (nSPS) is 11.5. The van der Waals surface area contributed by atoms with Crippen molar-refractivity contribution in [1.29, 1.82) is 0 Å². The van der Waals surface area contributed by atoms with E-state index in [0.29, 0.717) is 41.2 Å². The standard InChI is InChI=1S/C37H30N4O6S/c1-25-6-2-5-9-35(25)48(43,44)40-37(42)34-20-29-18-27(21-41-17-16-38-24-41)19-33(36(29)47-34)46-22-26-10-14-31(15-11-26)45-23-30-13-12-28-7-3-4-8-32(28)39-30/h2-20,24H,21-23H2,1H3,(H,40,42). The predicted molar refractivity (Wildman–Crippen MR) is 180 cm³/mol. The van der Waals surface area contributed by atoms with E-state index >= 15 is 0 Å². The van der Waals surface area contributed by atoms with Crippen LogP contribution in [0, 0.1) is 6.92 Å². The molecule has 0 aliphatic heterocycles. The second-order valence-electron chi connectivity index (χ2n) is 11.3. The van der Waals surface area contributed by atoms with Crippen LogP contribution in [-0.2, 0) is 29.8 Å². The monoisotopic (exact) mass is 658 g/mol. The molecule has 0 unspecified atom stereocenters. The van der Waals surface area contributed by atoms with Gasteiger partial charge in [-0.1, -0.05) is 54.6 Å². The predicted octanol–water partition coefficient (Wildman–Crippen LogP) is 6.81. The maximum atomic E-state index is 13.1. The number of hydrogen-bond donors (Lipinski definition) is 1. The Hall–Kier alpha value is -5.94. The molecule has 3 heterocycles. The van der Waals surface area contributed by atoms with E-state index < -0.39 is 15.9 Å². The third-order valence-corrected chi connectivity index (χ3v) is 9.25. The lowest BCUT2D eigenvalue weighted by atomic mass is 10.1. The highest BCUT2D eigenvalue weighted by Crippen LogP contribution is 2.32. The summed E-state index contributed by atoms with van der Waals surface area (Å²) < 4.78 is 48.1. The first-order chi connectivity index (χ1) is 23.3. The summed E-state index contributed by atoms with van der Waals surface area (Å²) in [6.07, 6.45) is 5.24. The minimum absolute atomic E-state index is 0.0165. The number of imidazole rings is 1. The highest BCUT2D eigenvalue weighted by atomic mass is 32.2. The van der Waals surface area contributed by atoms with Gasteiger partial charge >= 0.3 is 5.91 Å². The highest BCUT2D eigenvalue weighted by molar-refractivity contribution is 7.90. The number of amides is 1. The van der Waals surface area contributed by atoms with Crippen molar-refractivity contribution in [2.75, 3.05) is 0 Å². The minimum atomic E-state index is -4.12. The number of carbonyl (C=O) groups excluding carboxylic acids is 1. The number of carbonyl (C=O) groups is 1. The SMILES string of the molecule is Cc1ccccc1S(=O)(=O)NC(=O)c1cc2cc(Cn3ccnc3)cc(OCc3ccc(OCc4ccc5ccccc5n4)cc3)c2o1. The number of nitrogens with zero attached hydrogens (tertiary/aromatic N) is 3. The van der Waals surface area contributed by atoms with Crippen LogP contribution in [0.15, 0.2) is 131 Å². The van der Waals surface area contributed by atoms with Gasteiger partial charge in [0.2, 0.25) is 0 Å². The maximum Gasteiger partial charge on any atom is 0.300 e. The number of fused-ring (bicyclic) bond motifs is 2. The molecule has 48 heavy (non-hydrogen) atoms. The van der Waals surface area contributed by atoms with Gasteiger partial charge in [-0.3, -0.25) is 4.79 Å². The molecular formula is C37H30N4O6S. The number of furan rings is 1. The Morgan fingerprint density at radius 2 is 1.67 bits per heavy atom. The molecule has 0 bridgehead atoms. The van der Waals surface area contributed by atoms with Crippen molar-refractivity contribution in [3.63, 3.8) is 0 Å². The summed E-state index contributed by atoms with van der Waals surface area (Å²) in [4.78, 5) is 21.9. The third-order valence-electron chi connectivity index (χ3n) is 7.76. The lowest BCUT2D eigenvalue weighted by Gasteiger charge is -2.11. The molecule has 10 nitrogen and oxygen atoms in total. The lowest BCUT2D eigenvalue weighted by Crippen LogP contribution is -2.30. The zero-order valence-corrected chi connectivity index (χ0v) is 26.7. The number of rotatable bonds is 11. The molecule has 0 spiro atoms. The summed E-state index contributed by atoms with van der Waals surface area (Å²) in [5.74, 6) is 0.0622. The fourth-order valence-corrected chi connectivity index (χ4v) is 6.56. The van der Waals surface area contributed by atoms with Gasteiger partial charge in [-0.25, -0.2) is 23.1 Å². The van der Waals surface area contributed by atoms with E-state index in [1.807, 2.05) is 83.6 Å². The van der Waals surface area contributed by atoms with Crippen molar-refractivity contribution in [2.24, 2.45) is 0 Å². The van der Waals surface area contributed by atoms with Crippen LogP contribution in [-0.4, -0.2) is 28.9 Å². The maximum absolute atomic E-state index is 13.1. The number of benzene rings is 4. The Morgan fingerprint density at radius 3 is 2.48 bits per heavy atom. The van der Waals surface area contributed by atoms with Crippen LogP contribution < -0.4 is 14.2 Å². The first-order valence-electron chi connectivity index (χ1n) is 15.1. The second kappa shape index (κ2) is 13.0. The van der Waals surface area contributed by atoms with Crippen LogP contribution in [0.3, 0.4) is 0 Å². The van der Waals surface area contributed by atoms with Crippen molar-refractivity contribution in [3.05, 3.63) is 150 Å². The van der Waals surface area contributed by atoms with Gasteiger partial charge in [-0.05, 0) is 72.1 Å². The van der Waals surface area contributed by atoms with Gasteiger partial charge in [0.25, 0.3) is 10.0 Å². The molecule has 11 heteroatoms. The molecule has 0 atom stereocenters. The smallest absolute Gasteiger partial charge is 0.300 e. The first kappa shape index (κ1) is 30.7. The number of pyridine rings is 1. The van der Waals surface area contributed by atoms with Gasteiger partial charge in [0.1, 0.15) is 19.0 Å². The minimum Gasteiger partial charge on any atom is -0.487 e. The number of hydrogen-bond acceptors (Lipinski definition) is 8. The Balaban J connectivity index is 1.08. The molecule has 7 aromatic rings. The lowest BCUT2D eigenvalue weighted by molar-refractivity contribution is 0.0956. The first-order valence-corrected chi connectivity index (χ1v) is 16.6. The zero-order valence-electron chi connectivity index (χ0n) is 25.9. The van der Waals surface area contributed by atoms with Crippen molar-refractivity contribution in [3.8, 4) is 11.5 Å². The van der Waals surface area contributed by atoms with Crippen LogP contribution >= 0.6 is 0 Å². The summed E-state index contributed by atoms with van der Waals surface area (Å²) >= 11 is 0. The summed E-state index contributed by atoms with van der Waals surface area (Å²) in [6, 6.07) is 31.2. The van der Waals surface area contributed by atoms with Gasteiger partial charge < -0.3 is 18.5 Å². The van der Waals surface area contributed by atoms with Gasteiger partial charge in [-0.15, -0.1) is 0 Å². The molecule has 0 fully saturated rings. The fraction of sp³-hybridized carbons (Fsp3) is 0.108. The Bertz CT molecular complexity index is 2350. The Kier molecular flexibility index (Phi) is 8.35. The molecule has 0 aliphatic carbocycles. The quantitative estimate of drug-likeness (QED) is 0.161. The van der Waals surface area contributed by atoms with E-state index in [1.165, 1.54) is 12.1 Å². The molecule has 240 valence electrons. The van der Waals surface area contributed by atoms with Crippen molar-refractivity contribution < 1.29 is 27.1 Å². The molecule has 0 saturated heterocycles. The van der Waals surface area contributed by atoms with Crippen molar-refractivity contribution in [1.82, 2.24) is 19.3 Å². The number of ether oxygens (including phenoxy) is 2. The van der Waals surface area contributed by atoms with Crippen molar-refractivity contribution >= 4 is 37.8 Å². The van der Waals surface area contributed by atoms with E-state index in [1.54, 1.807) is 37.6 Å². The van der Waals surface area contributed by atoms with Crippen LogP contribution in [0.25, 0.3) is 21.9 Å². The third kappa shape index (κ3) is 6.76. The molecule has 0 radical (unpaired) electrons. The van der Waals surface area contributed by atoms with E-state index in [9.17, 15) is 13.2 Å². The average molecular weight is 659 g/mol. The zero-order chi connectivity index (χ0) is 33.1. The largest absolute Gasteiger partial charge is 0.487 e. The number of para-hydroxylation sites is 1. The Labute approximate surface area is 276 Å². The Morgan fingerprint density at radius 1 is 0.854 bits per heavy atom. The van der Waals surface area contributed by atoms with Crippen molar-refractivity contribution in [2.45, 2.75) is 31.6 Å². The number of sulfonamides is 1. The summed E-state index contributed by atoms with van der Waals surface area (Å²) in [7, 11) is -4.12. The molecular weight excluding hydrogens is 628 g/mol. The van der Waals surface area contributed by atoms with Crippen LogP contribution in [0.2, 0.25) is 0 Å². The summed E-state index contributed by atoms with van der Waals surface area (Å²) in [5, 5.41) is 1.67. The van der Waals surface area contributed by atoms with E-state index in [-0.39, 0.29) is 17.3 Å². The second-order valence-corrected chi connectivity index (χ2v) is 12.9. The molecule has 1 N–H and O–H groups in total. The fourth-order valence-electron chi connectivity index (χ4n) is 5.36. The number of aryl methyl sites for hydroxylation is 1. The molecule has 4 aromatic carbocycles. The van der Waals surface area contributed by atoms with Gasteiger partial charge in [-0.2, -0.15) is 0 Å². The van der Waals surface area contributed by atoms with E-state index in [4.69, 9.17) is 13.9 Å². The molecule has 1 amide bonds. The van der Waals surface area contributed by atoms with E-state index in [2.05, 4.69) is 14.7 Å². The average Bonchev–Trinajstić information content (AvgIpc) is 3.77. The molecule has 0 aliphatic rings. The topological polar surface area (TPSA) is 126 Å². The van der Waals surface area contributed by atoms with Crippen LogP contribution in [0.1, 0.15) is 32.9 Å². The van der Waals surface area contributed by atoms with Crippen LogP contribution in [0.4, 0.5) is 0 Å². The molecule has 0 saturated carbocycles.